The van der Waals surface area contributed by atoms with Gasteiger partial charge in [0, 0.05) is 17.2 Å². The molecule has 0 saturated heterocycles. The van der Waals surface area contributed by atoms with Crippen molar-refractivity contribution in [1.29, 1.82) is 0 Å². The predicted molar refractivity (Wildman–Crippen MR) is 129 cm³/mol. The normalized spacial score (nSPS) is 10.9. The van der Waals surface area contributed by atoms with Crippen LogP contribution in [0.1, 0.15) is 52.6 Å². The van der Waals surface area contributed by atoms with Crippen LogP contribution in [0.4, 0.5) is 0 Å². The topological polar surface area (TPSA) is 81.8 Å². The van der Waals surface area contributed by atoms with Gasteiger partial charge in [-0.1, -0.05) is 79.7 Å². The highest BCUT2D eigenvalue weighted by Crippen LogP contribution is 2.41. The number of carboxylic acids is 1. The number of rotatable bonds is 9. The summed E-state index contributed by atoms with van der Waals surface area (Å²) in [7, 11) is 0. The van der Waals surface area contributed by atoms with Crippen LogP contribution in [0.3, 0.4) is 0 Å². The molecule has 0 fully saturated rings. The van der Waals surface area contributed by atoms with E-state index in [4.69, 9.17) is 14.0 Å². The minimum absolute atomic E-state index is 0.152. The van der Waals surface area contributed by atoms with Crippen LogP contribution >= 0.6 is 0 Å². The summed E-state index contributed by atoms with van der Waals surface area (Å²) in [6, 6.07) is 23.6. The molecule has 174 valence electrons. The van der Waals surface area contributed by atoms with Gasteiger partial charge in [-0.15, -0.1) is 0 Å². The van der Waals surface area contributed by atoms with Crippen LogP contribution in [-0.4, -0.2) is 16.2 Å². The maximum Gasteiger partial charge on any atom is 0.375 e. The molecule has 4 rings (SSSR count). The Morgan fingerprint density at radius 3 is 1.97 bits per heavy atom. The second kappa shape index (κ2) is 10.3. The molecule has 6 nitrogen and oxygen atoms in total. The van der Waals surface area contributed by atoms with Gasteiger partial charge in [0.05, 0.1) is 0 Å². The number of aromatic carboxylic acids is 1. The van der Waals surface area contributed by atoms with Gasteiger partial charge in [0.1, 0.15) is 30.4 Å². The number of hydrogen-bond acceptors (Lipinski definition) is 5. The van der Waals surface area contributed by atoms with E-state index in [1.807, 2.05) is 72.8 Å². The Bertz CT molecular complexity index is 1260. The van der Waals surface area contributed by atoms with E-state index in [9.17, 15) is 9.90 Å². The molecule has 0 amide bonds. The molecule has 0 aliphatic carbocycles. The van der Waals surface area contributed by atoms with Crippen molar-refractivity contribution in [3.05, 3.63) is 101 Å². The molecule has 1 aromatic heterocycles. The largest absolute Gasteiger partial charge is 0.488 e. The van der Waals surface area contributed by atoms with Gasteiger partial charge in [0.2, 0.25) is 5.76 Å². The van der Waals surface area contributed by atoms with Crippen molar-refractivity contribution in [3.8, 4) is 22.8 Å². The minimum atomic E-state index is -1.16. The van der Waals surface area contributed by atoms with Gasteiger partial charge in [0.15, 0.2) is 0 Å². The third-order valence-electron chi connectivity index (χ3n) is 5.58. The van der Waals surface area contributed by atoms with E-state index in [2.05, 4.69) is 19.0 Å². The Balaban J connectivity index is 1.76. The van der Waals surface area contributed by atoms with E-state index in [0.717, 1.165) is 16.7 Å². The molecule has 0 atom stereocenters. The van der Waals surface area contributed by atoms with E-state index < -0.39 is 5.97 Å². The van der Waals surface area contributed by atoms with Crippen LogP contribution in [0.5, 0.6) is 11.5 Å². The second-order valence-corrected chi connectivity index (χ2v) is 8.38. The van der Waals surface area contributed by atoms with Gasteiger partial charge < -0.3 is 19.1 Å². The molecular weight excluding hydrogens is 430 g/mol. The molecule has 1 N–H and O–H groups in total. The first-order valence-corrected chi connectivity index (χ1v) is 11.2. The molecule has 3 aromatic carbocycles. The highest BCUT2D eigenvalue weighted by molar-refractivity contribution is 5.89. The number of ether oxygens (including phenoxy) is 2. The van der Waals surface area contributed by atoms with Crippen molar-refractivity contribution in [2.24, 2.45) is 0 Å². The quantitative estimate of drug-likeness (QED) is 0.304. The first-order chi connectivity index (χ1) is 16.4. The molecule has 0 radical (unpaired) electrons. The fraction of sp³-hybridized carbons (Fsp3) is 0.214. The maximum atomic E-state index is 11.5. The summed E-state index contributed by atoms with van der Waals surface area (Å²) < 4.78 is 17.6. The molecule has 0 aliphatic heterocycles. The SMILES string of the molecule is Cc1c(-c2cc(C(C)C)c(OCc3ccccc3)cc2OCc2ccccc2)noc1C(=O)O. The lowest BCUT2D eigenvalue weighted by Crippen LogP contribution is -2.04. The van der Waals surface area contributed by atoms with Gasteiger partial charge in [-0.25, -0.2) is 4.79 Å². The fourth-order valence-electron chi connectivity index (χ4n) is 3.72. The van der Waals surface area contributed by atoms with Crippen molar-refractivity contribution in [2.45, 2.75) is 39.9 Å². The Morgan fingerprint density at radius 1 is 0.912 bits per heavy atom. The second-order valence-electron chi connectivity index (χ2n) is 8.38. The average Bonchev–Trinajstić information content (AvgIpc) is 3.23. The van der Waals surface area contributed by atoms with Gasteiger partial charge in [0.25, 0.3) is 0 Å². The van der Waals surface area contributed by atoms with E-state index >= 15 is 0 Å². The average molecular weight is 458 g/mol. The van der Waals surface area contributed by atoms with Crippen molar-refractivity contribution in [2.75, 3.05) is 0 Å². The lowest BCUT2D eigenvalue weighted by Gasteiger charge is -2.19. The molecule has 0 spiro atoms. The zero-order valence-electron chi connectivity index (χ0n) is 19.4. The molecule has 6 heteroatoms. The van der Waals surface area contributed by atoms with E-state index in [1.54, 1.807) is 6.92 Å². The lowest BCUT2D eigenvalue weighted by atomic mass is 9.96. The zero-order valence-corrected chi connectivity index (χ0v) is 19.4. The number of benzene rings is 3. The van der Waals surface area contributed by atoms with Crippen LogP contribution in [0, 0.1) is 6.92 Å². The standard InChI is InChI=1S/C28H27NO5/c1-18(2)22-14-23(26-19(3)27(28(30)31)34-29-26)25(33-17-21-12-8-5-9-13-21)15-24(22)32-16-20-10-6-4-7-11-20/h4-15,18H,16-17H2,1-3H3,(H,30,31). The minimum Gasteiger partial charge on any atom is -0.488 e. The van der Waals surface area contributed by atoms with Gasteiger partial charge >= 0.3 is 5.97 Å². The summed E-state index contributed by atoms with van der Waals surface area (Å²) in [6.07, 6.45) is 0. The molecule has 0 saturated carbocycles. The molecule has 0 aliphatic rings. The molecule has 0 bridgehead atoms. The third kappa shape index (κ3) is 5.12. The van der Waals surface area contributed by atoms with Gasteiger partial charge in [-0.3, -0.25) is 0 Å². The summed E-state index contributed by atoms with van der Waals surface area (Å²) in [4.78, 5) is 11.5. The molecule has 1 heterocycles. The number of hydrogen-bond donors (Lipinski definition) is 1. The maximum absolute atomic E-state index is 11.5. The van der Waals surface area contributed by atoms with Crippen molar-refractivity contribution in [3.63, 3.8) is 0 Å². The highest BCUT2D eigenvalue weighted by Gasteiger charge is 2.24. The van der Waals surface area contributed by atoms with Crippen LogP contribution in [0.2, 0.25) is 0 Å². The van der Waals surface area contributed by atoms with E-state index in [1.165, 1.54) is 0 Å². The van der Waals surface area contributed by atoms with Crippen LogP contribution in [-0.2, 0) is 13.2 Å². The summed E-state index contributed by atoms with van der Waals surface area (Å²) in [5.74, 6) is 0.0724. The number of carboxylic acid groups (broad SMARTS) is 1. The number of nitrogens with zero attached hydrogens (tertiary/aromatic N) is 1. The number of aromatic nitrogens is 1. The predicted octanol–water partition coefficient (Wildman–Crippen LogP) is 6.63. The molecule has 0 unspecified atom stereocenters. The van der Waals surface area contributed by atoms with Crippen molar-refractivity contribution < 1.29 is 23.9 Å². The summed E-state index contributed by atoms with van der Waals surface area (Å²) in [6.45, 7) is 6.61. The first kappa shape index (κ1) is 23.1. The molecular formula is C28H27NO5. The number of carbonyl (C=O) groups is 1. The summed E-state index contributed by atoms with van der Waals surface area (Å²) >= 11 is 0. The van der Waals surface area contributed by atoms with E-state index in [-0.39, 0.29) is 11.7 Å². The Labute approximate surface area is 198 Å². The molecule has 34 heavy (non-hydrogen) atoms. The fourth-order valence-corrected chi connectivity index (χ4v) is 3.72. The smallest absolute Gasteiger partial charge is 0.375 e. The Hall–Kier alpha value is -4.06. The van der Waals surface area contributed by atoms with Crippen LogP contribution in [0.15, 0.2) is 77.3 Å². The van der Waals surface area contributed by atoms with Crippen molar-refractivity contribution >= 4 is 5.97 Å². The molecule has 4 aromatic rings. The monoisotopic (exact) mass is 457 g/mol. The summed E-state index contributed by atoms with van der Waals surface area (Å²) in [5, 5.41) is 13.5. The summed E-state index contributed by atoms with van der Waals surface area (Å²) in [5.41, 5.74) is 4.60. The van der Waals surface area contributed by atoms with Gasteiger partial charge in [-0.2, -0.15) is 0 Å². The van der Waals surface area contributed by atoms with E-state index in [0.29, 0.717) is 41.5 Å². The lowest BCUT2D eigenvalue weighted by molar-refractivity contribution is 0.0651. The zero-order chi connectivity index (χ0) is 24.1. The van der Waals surface area contributed by atoms with Crippen molar-refractivity contribution in [1.82, 2.24) is 5.16 Å². The Morgan fingerprint density at radius 2 is 1.47 bits per heavy atom. The highest BCUT2D eigenvalue weighted by atomic mass is 16.5. The first-order valence-electron chi connectivity index (χ1n) is 11.2. The van der Waals surface area contributed by atoms with Crippen LogP contribution in [0.25, 0.3) is 11.3 Å². The van der Waals surface area contributed by atoms with Crippen LogP contribution < -0.4 is 9.47 Å². The third-order valence-corrected chi connectivity index (χ3v) is 5.58. The Kier molecular flexibility index (Phi) is 6.97. The van der Waals surface area contributed by atoms with Gasteiger partial charge in [-0.05, 0) is 35.6 Å².